The molecule has 0 saturated carbocycles. The van der Waals surface area contributed by atoms with Crippen molar-refractivity contribution in [2.24, 2.45) is 5.73 Å². The predicted octanol–water partition coefficient (Wildman–Crippen LogP) is 1.66. The van der Waals surface area contributed by atoms with Gasteiger partial charge in [-0.25, -0.2) is 0 Å². The number of hydrogen-bond acceptors (Lipinski definition) is 2. The second kappa shape index (κ2) is 4.81. The van der Waals surface area contributed by atoms with Crippen LogP contribution >= 0.6 is 0 Å². The van der Waals surface area contributed by atoms with Crippen molar-refractivity contribution in [3.63, 3.8) is 0 Å². The van der Waals surface area contributed by atoms with Crippen LogP contribution in [0.25, 0.3) is 0 Å². The maximum atomic E-state index is 11.7. The van der Waals surface area contributed by atoms with Gasteiger partial charge in [0.05, 0.1) is 6.42 Å². The van der Waals surface area contributed by atoms with E-state index in [2.05, 4.69) is 5.32 Å². The normalized spacial score (nSPS) is 17.1. The Hall–Kier alpha value is -0.290. The highest BCUT2D eigenvalue weighted by Gasteiger charge is 2.26. The van der Waals surface area contributed by atoms with Crippen LogP contribution in [0.15, 0.2) is 0 Å². The number of rotatable bonds is 5. The SMILES string of the molecule is CCC(C)(N)CNCCC(F)(F)F. The molecule has 5 heteroatoms. The molecule has 0 aromatic heterocycles. The summed E-state index contributed by atoms with van der Waals surface area (Å²) in [6.07, 6.45) is -4.14. The second-order valence-corrected chi connectivity index (χ2v) is 3.55. The summed E-state index contributed by atoms with van der Waals surface area (Å²) in [5.74, 6) is 0. The Morgan fingerprint density at radius 3 is 2.23 bits per heavy atom. The van der Waals surface area contributed by atoms with E-state index >= 15 is 0 Å². The fourth-order valence-electron chi connectivity index (χ4n) is 0.729. The van der Waals surface area contributed by atoms with Gasteiger partial charge in [0, 0.05) is 18.6 Å². The molecule has 0 aromatic carbocycles. The molecular weight excluding hydrogens is 181 g/mol. The van der Waals surface area contributed by atoms with Crippen LogP contribution in [0.3, 0.4) is 0 Å². The maximum absolute atomic E-state index is 11.7. The largest absolute Gasteiger partial charge is 0.390 e. The molecule has 0 aromatic rings. The number of alkyl halides is 3. The lowest BCUT2D eigenvalue weighted by Crippen LogP contribution is -2.46. The highest BCUT2D eigenvalue weighted by Crippen LogP contribution is 2.18. The number of hydrogen-bond donors (Lipinski definition) is 2. The minimum absolute atomic E-state index is 0.0592. The number of halogens is 3. The molecular formula is C8H17F3N2. The van der Waals surface area contributed by atoms with Crippen molar-refractivity contribution in [1.82, 2.24) is 5.32 Å². The van der Waals surface area contributed by atoms with Crippen LogP contribution in [0.5, 0.6) is 0 Å². The zero-order valence-electron chi connectivity index (χ0n) is 8.04. The van der Waals surface area contributed by atoms with Crippen LogP contribution in [-0.4, -0.2) is 24.8 Å². The van der Waals surface area contributed by atoms with Gasteiger partial charge in [-0.15, -0.1) is 0 Å². The Balaban J connectivity index is 3.47. The zero-order chi connectivity index (χ0) is 10.5. The Morgan fingerprint density at radius 2 is 1.85 bits per heavy atom. The molecule has 0 aliphatic heterocycles. The van der Waals surface area contributed by atoms with Gasteiger partial charge < -0.3 is 11.1 Å². The summed E-state index contributed by atoms with van der Waals surface area (Å²) in [5.41, 5.74) is 5.31. The lowest BCUT2D eigenvalue weighted by molar-refractivity contribution is -0.133. The van der Waals surface area contributed by atoms with Crippen molar-refractivity contribution in [2.45, 2.75) is 38.4 Å². The van der Waals surface area contributed by atoms with E-state index < -0.39 is 18.1 Å². The second-order valence-electron chi connectivity index (χ2n) is 3.55. The fraction of sp³-hybridized carbons (Fsp3) is 1.00. The Bertz CT molecular complexity index is 143. The van der Waals surface area contributed by atoms with Gasteiger partial charge in [-0.2, -0.15) is 13.2 Å². The van der Waals surface area contributed by atoms with Crippen LogP contribution in [-0.2, 0) is 0 Å². The van der Waals surface area contributed by atoms with E-state index in [0.29, 0.717) is 6.54 Å². The van der Waals surface area contributed by atoms with Crippen LogP contribution in [0.2, 0.25) is 0 Å². The van der Waals surface area contributed by atoms with Crippen molar-refractivity contribution < 1.29 is 13.2 Å². The third-order valence-corrected chi connectivity index (χ3v) is 1.92. The monoisotopic (exact) mass is 198 g/mol. The van der Waals surface area contributed by atoms with E-state index in [1.165, 1.54) is 0 Å². The zero-order valence-corrected chi connectivity index (χ0v) is 8.04. The first kappa shape index (κ1) is 12.7. The standard InChI is InChI=1S/C8H17F3N2/c1-3-7(2,12)6-13-5-4-8(9,10)11/h13H,3-6,12H2,1-2H3. The first-order valence-corrected chi connectivity index (χ1v) is 4.33. The fourth-order valence-corrected chi connectivity index (χ4v) is 0.729. The smallest absolute Gasteiger partial charge is 0.324 e. The Labute approximate surface area is 76.7 Å². The minimum atomic E-state index is -4.08. The lowest BCUT2D eigenvalue weighted by Gasteiger charge is -2.23. The number of nitrogens with two attached hydrogens (primary N) is 1. The molecule has 0 radical (unpaired) electrons. The van der Waals surface area contributed by atoms with Crippen LogP contribution in [0, 0.1) is 0 Å². The quantitative estimate of drug-likeness (QED) is 0.659. The van der Waals surface area contributed by atoms with E-state index in [4.69, 9.17) is 5.73 Å². The summed E-state index contributed by atoms with van der Waals surface area (Å²) in [4.78, 5) is 0. The van der Waals surface area contributed by atoms with Gasteiger partial charge in [0.15, 0.2) is 0 Å². The van der Waals surface area contributed by atoms with Gasteiger partial charge in [-0.3, -0.25) is 0 Å². The van der Waals surface area contributed by atoms with Gasteiger partial charge in [0.1, 0.15) is 0 Å². The molecule has 0 amide bonds. The van der Waals surface area contributed by atoms with E-state index in [9.17, 15) is 13.2 Å². The molecule has 0 aliphatic carbocycles. The minimum Gasteiger partial charge on any atom is -0.324 e. The molecule has 0 saturated heterocycles. The summed E-state index contributed by atoms with van der Waals surface area (Å²) in [5, 5.41) is 2.69. The van der Waals surface area contributed by atoms with Crippen molar-refractivity contribution in [1.29, 1.82) is 0 Å². The van der Waals surface area contributed by atoms with E-state index in [1.807, 2.05) is 13.8 Å². The van der Waals surface area contributed by atoms with E-state index in [0.717, 1.165) is 6.42 Å². The molecule has 13 heavy (non-hydrogen) atoms. The average molecular weight is 198 g/mol. The van der Waals surface area contributed by atoms with Gasteiger partial charge >= 0.3 is 6.18 Å². The van der Waals surface area contributed by atoms with E-state index in [1.54, 1.807) is 0 Å². The molecule has 0 fully saturated rings. The maximum Gasteiger partial charge on any atom is 0.390 e. The first-order valence-electron chi connectivity index (χ1n) is 4.33. The van der Waals surface area contributed by atoms with Gasteiger partial charge in [-0.05, 0) is 13.3 Å². The highest BCUT2D eigenvalue weighted by molar-refractivity contribution is 4.79. The van der Waals surface area contributed by atoms with Gasteiger partial charge in [-0.1, -0.05) is 6.92 Å². The van der Waals surface area contributed by atoms with Crippen molar-refractivity contribution in [3.05, 3.63) is 0 Å². The molecule has 0 heterocycles. The molecule has 80 valence electrons. The summed E-state index contributed by atoms with van der Waals surface area (Å²) in [6.45, 7) is 4.08. The van der Waals surface area contributed by atoms with Gasteiger partial charge in [0.25, 0.3) is 0 Å². The Morgan fingerprint density at radius 1 is 1.31 bits per heavy atom. The molecule has 3 N–H and O–H groups in total. The summed E-state index contributed by atoms with van der Waals surface area (Å²) >= 11 is 0. The third kappa shape index (κ3) is 8.05. The van der Waals surface area contributed by atoms with E-state index in [-0.39, 0.29) is 6.54 Å². The molecule has 0 bridgehead atoms. The topological polar surface area (TPSA) is 38.0 Å². The lowest BCUT2D eigenvalue weighted by atomic mass is 10.0. The van der Waals surface area contributed by atoms with Crippen LogP contribution < -0.4 is 11.1 Å². The molecule has 1 atom stereocenters. The molecule has 1 unspecified atom stereocenters. The summed E-state index contributed by atoms with van der Waals surface area (Å²) in [6, 6.07) is 0. The first-order chi connectivity index (χ1) is 5.77. The molecule has 2 nitrogen and oxygen atoms in total. The average Bonchev–Trinajstić information content (AvgIpc) is 1.97. The third-order valence-electron chi connectivity index (χ3n) is 1.92. The van der Waals surface area contributed by atoms with Gasteiger partial charge in [0.2, 0.25) is 0 Å². The van der Waals surface area contributed by atoms with Crippen LogP contribution in [0.4, 0.5) is 13.2 Å². The summed E-state index contributed by atoms with van der Waals surface area (Å²) < 4.78 is 35.1. The molecule has 0 rings (SSSR count). The predicted molar refractivity (Wildman–Crippen MR) is 46.4 cm³/mol. The van der Waals surface area contributed by atoms with Crippen molar-refractivity contribution >= 4 is 0 Å². The van der Waals surface area contributed by atoms with Crippen molar-refractivity contribution in [3.8, 4) is 0 Å². The van der Waals surface area contributed by atoms with Crippen molar-refractivity contribution in [2.75, 3.05) is 13.1 Å². The molecule has 0 aliphatic rings. The molecule has 0 spiro atoms. The summed E-state index contributed by atoms with van der Waals surface area (Å²) in [7, 11) is 0. The van der Waals surface area contributed by atoms with Crippen LogP contribution in [0.1, 0.15) is 26.7 Å². The highest BCUT2D eigenvalue weighted by atomic mass is 19.4. The Kier molecular flexibility index (Phi) is 4.70. The number of nitrogens with one attached hydrogen (secondary N) is 1.